The van der Waals surface area contributed by atoms with Crippen LogP contribution >= 0.6 is 11.6 Å². The molecule has 0 atom stereocenters. The van der Waals surface area contributed by atoms with Gasteiger partial charge in [-0.05, 0) is 36.5 Å². The topological polar surface area (TPSA) is 60.7 Å². The zero-order valence-electron chi connectivity index (χ0n) is 10.2. The number of methoxy groups -OCH3 is 1. The summed E-state index contributed by atoms with van der Waals surface area (Å²) in [6.07, 6.45) is 2.94. The summed E-state index contributed by atoms with van der Waals surface area (Å²) in [5.41, 5.74) is 2.04. The minimum atomic E-state index is -0.612. The second-order valence-corrected chi connectivity index (χ2v) is 4.93. The van der Waals surface area contributed by atoms with E-state index in [-0.39, 0.29) is 10.7 Å². The first-order valence-electron chi connectivity index (χ1n) is 5.91. The lowest BCUT2D eigenvalue weighted by Crippen LogP contribution is -2.04. The van der Waals surface area contributed by atoms with Crippen LogP contribution in [0.25, 0.3) is 5.52 Å². The van der Waals surface area contributed by atoms with Crippen molar-refractivity contribution >= 4 is 29.4 Å². The van der Waals surface area contributed by atoms with Gasteiger partial charge in [-0.1, -0.05) is 11.6 Å². The second kappa shape index (κ2) is 4.35. The highest BCUT2D eigenvalue weighted by Gasteiger charge is 2.27. The quantitative estimate of drug-likeness (QED) is 0.639. The third kappa shape index (κ3) is 1.90. The van der Waals surface area contributed by atoms with Crippen molar-refractivity contribution in [3.8, 4) is 0 Å². The molecule has 2 heterocycles. The van der Waals surface area contributed by atoms with Crippen LogP contribution in [-0.4, -0.2) is 29.0 Å². The minimum Gasteiger partial charge on any atom is -0.464 e. The summed E-state index contributed by atoms with van der Waals surface area (Å²) in [6, 6.07) is 3.68. The van der Waals surface area contributed by atoms with Crippen LogP contribution in [0.15, 0.2) is 12.1 Å². The smallest absolute Gasteiger partial charge is 0.360 e. The Bertz CT molecular complexity index is 689. The molecule has 3 rings (SSSR count). The molecule has 19 heavy (non-hydrogen) atoms. The number of ether oxygens (including phenoxy) is 1. The number of carbonyl (C=O) groups excluding carboxylic acids is 2. The number of aromatic nitrogens is 2. The summed E-state index contributed by atoms with van der Waals surface area (Å²) in [6.45, 7) is 0. The first-order valence-corrected chi connectivity index (χ1v) is 6.29. The molecule has 2 aromatic rings. The van der Waals surface area contributed by atoms with Gasteiger partial charge in [0.1, 0.15) is 10.7 Å². The Hall–Kier alpha value is -1.88. The highest BCUT2D eigenvalue weighted by Crippen LogP contribution is 2.41. The number of nitrogens with zero attached hydrogens (tertiary/aromatic N) is 2. The van der Waals surface area contributed by atoms with Crippen molar-refractivity contribution < 1.29 is 14.3 Å². The molecule has 5 nitrogen and oxygen atoms in total. The Morgan fingerprint density at radius 2 is 2.26 bits per heavy atom. The van der Waals surface area contributed by atoms with E-state index in [1.54, 1.807) is 6.07 Å². The van der Waals surface area contributed by atoms with Gasteiger partial charge in [-0.15, -0.1) is 0 Å². The third-order valence-corrected chi connectivity index (χ3v) is 3.64. The lowest BCUT2D eigenvalue weighted by molar-refractivity contribution is 0.0593. The monoisotopic (exact) mass is 278 g/mol. The van der Waals surface area contributed by atoms with Crippen molar-refractivity contribution in [3.05, 3.63) is 34.1 Å². The molecule has 0 saturated heterocycles. The summed E-state index contributed by atoms with van der Waals surface area (Å²) in [4.78, 5) is 22.7. The highest BCUT2D eigenvalue weighted by atomic mass is 35.5. The van der Waals surface area contributed by atoms with Gasteiger partial charge in [-0.25, -0.2) is 9.31 Å². The van der Waals surface area contributed by atoms with Crippen LogP contribution in [0.1, 0.15) is 45.3 Å². The Morgan fingerprint density at radius 3 is 2.84 bits per heavy atom. The maximum Gasteiger partial charge on any atom is 0.360 e. The fourth-order valence-corrected chi connectivity index (χ4v) is 2.38. The van der Waals surface area contributed by atoms with Gasteiger partial charge in [0.25, 0.3) is 0 Å². The summed E-state index contributed by atoms with van der Waals surface area (Å²) >= 11 is 6.16. The molecule has 1 fully saturated rings. The number of halogens is 1. The van der Waals surface area contributed by atoms with E-state index >= 15 is 0 Å². The molecule has 0 unspecified atom stereocenters. The zero-order valence-corrected chi connectivity index (χ0v) is 11.0. The molecule has 1 aliphatic carbocycles. The summed E-state index contributed by atoms with van der Waals surface area (Å²) in [5, 5.41) is 4.27. The summed E-state index contributed by atoms with van der Waals surface area (Å²) < 4.78 is 6.01. The van der Waals surface area contributed by atoms with Crippen molar-refractivity contribution in [2.45, 2.75) is 18.8 Å². The van der Waals surface area contributed by atoms with Crippen LogP contribution in [0.4, 0.5) is 0 Å². The summed E-state index contributed by atoms with van der Waals surface area (Å²) in [7, 11) is 1.26. The van der Waals surface area contributed by atoms with E-state index in [2.05, 4.69) is 9.84 Å². The van der Waals surface area contributed by atoms with Gasteiger partial charge in [-0.2, -0.15) is 5.10 Å². The lowest BCUT2D eigenvalue weighted by atomic mass is 10.1. The molecule has 0 spiro atoms. The molecule has 6 heteroatoms. The molecule has 0 aliphatic heterocycles. The van der Waals surface area contributed by atoms with E-state index in [9.17, 15) is 9.59 Å². The second-order valence-electron chi connectivity index (χ2n) is 4.56. The van der Waals surface area contributed by atoms with E-state index in [4.69, 9.17) is 11.6 Å². The molecule has 1 saturated carbocycles. The largest absolute Gasteiger partial charge is 0.464 e. The van der Waals surface area contributed by atoms with Crippen LogP contribution in [0, 0.1) is 0 Å². The number of hydrogen-bond acceptors (Lipinski definition) is 4. The van der Waals surface area contributed by atoms with E-state index in [0.29, 0.717) is 23.4 Å². The summed E-state index contributed by atoms with van der Waals surface area (Å²) in [5.74, 6) is -0.130. The molecule has 0 N–H and O–H groups in total. The number of carbonyl (C=O) groups is 2. The molecule has 1 aliphatic rings. The van der Waals surface area contributed by atoms with E-state index < -0.39 is 5.97 Å². The average Bonchev–Trinajstić information content (AvgIpc) is 3.22. The van der Waals surface area contributed by atoms with Crippen molar-refractivity contribution in [1.29, 1.82) is 0 Å². The Morgan fingerprint density at radius 1 is 1.53 bits per heavy atom. The van der Waals surface area contributed by atoms with Crippen molar-refractivity contribution in [2.75, 3.05) is 7.11 Å². The minimum absolute atomic E-state index is 0.0280. The molecular formula is C13H11ClN2O3. The first-order chi connectivity index (χ1) is 9.15. The SMILES string of the molecule is COC(=O)c1nn2c(C=O)cc(C3CC3)cc2c1Cl. The molecule has 0 aromatic carbocycles. The van der Waals surface area contributed by atoms with E-state index in [0.717, 1.165) is 18.4 Å². The van der Waals surface area contributed by atoms with Gasteiger partial charge in [0.15, 0.2) is 12.0 Å². The molecule has 0 radical (unpaired) electrons. The Labute approximate surface area is 114 Å². The predicted octanol–water partition coefficient (Wildman–Crippen LogP) is 2.46. The number of rotatable bonds is 3. The number of fused-ring (bicyclic) bond motifs is 1. The molecule has 0 amide bonds. The van der Waals surface area contributed by atoms with Gasteiger partial charge in [0.2, 0.25) is 0 Å². The van der Waals surface area contributed by atoms with E-state index in [1.165, 1.54) is 11.6 Å². The van der Waals surface area contributed by atoms with Crippen molar-refractivity contribution in [3.63, 3.8) is 0 Å². The molecular weight excluding hydrogens is 268 g/mol. The average molecular weight is 279 g/mol. The van der Waals surface area contributed by atoms with Crippen LogP contribution < -0.4 is 0 Å². The maximum absolute atomic E-state index is 11.6. The fraction of sp³-hybridized carbons (Fsp3) is 0.308. The normalized spacial score (nSPS) is 14.6. The van der Waals surface area contributed by atoms with Gasteiger partial charge in [0.05, 0.1) is 12.6 Å². The molecule has 2 aromatic heterocycles. The fourth-order valence-electron chi connectivity index (χ4n) is 2.13. The van der Waals surface area contributed by atoms with Crippen molar-refractivity contribution in [2.24, 2.45) is 0 Å². The third-order valence-electron chi connectivity index (χ3n) is 3.27. The maximum atomic E-state index is 11.6. The Kier molecular flexibility index (Phi) is 2.78. The van der Waals surface area contributed by atoms with Crippen LogP contribution in [0.3, 0.4) is 0 Å². The van der Waals surface area contributed by atoms with Crippen LogP contribution in [-0.2, 0) is 4.74 Å². The number of aldehydes is 1. The Balaban J connectivity index is 2.27. The lowest BCUT2D eigenvalue weighted by Gasteiger charge is -2.02. The number of hydrogen-bond donors (Lipinski definition) is 0. The van der Waals surface area contributed by atoms with Crippen LogP contribution in [0.5, 0.6) is 0 Å². The zero-order chi connectivity index (χ0) is 13.6. The standard InChI is InChI=1S/C13H11ClN2O3/c1-19-13(18)12-11(14)10-5-8(7-2-3-7)4-9(6-17)16(10)15-12/h4-7H,2-3H2,1H3. The van der Waals surface area contributed by atoms with Gasteiger partial charge in [-0.3, -0.25) is 4.79 Å². The van der Waals surface area contributed by atoms with Gasteiger partial charge in [0, 0.05) is 0 Å². The first kappa shape index (κ1) is 12.2. The number of pyridine rings is 1. The van der Waals surface area contributed by atoms with Gasteiger partial charge < -0.3 is 4.74 Å². The molecule has 0 bridgehead atoms. The van der Waals surface area contributed by atoms with Crippen molar-refractivity contribution in [1.82, 2.24) is 9.61 Å². The number of esters is 1. The van der Waals surface area contributed by atoms with Gasteiger partial charge >= 0.3 is 5.97 Å². The molecule has 98 valence electrons. The predicted molar refractivity (Wildman–Crippen MR) is 68.9 cm³/mol. The highest BCUT2D eigenvalue weighted by molar-refractivity contribution is 6.36. The van der Waals surface area contributed by atoms with E-state index in [1.807, 2.05) is 6.07 Å². The van der Waals surface area contributed by atoms with Crippen LogP contribution in [0.2, 0.25) is 5.02 Å².